The Hall–Kier alpha value is -2.50. The number of hydrogen-bond donors (Lipinski definition) is 0. The van der Waals surface area contributed by atoms with Gasteiger partial charge >= 0.3 is 5.97 Å². The molecule has 6 nitrogen and oxygen atoms in total. The Morgan fingerprint density at radius 3 is 2.50 bits per heavy atom. The van der Waals surface area contributed by atoms with Gasteiger partial charge in [0.15, 0.2) is 11.5 Å². The van der Waals surface area contributed by atoms with Crippen LogP contribution in [0.4, 0.5) is 0 Å². The quantitative estimate of drug-likeness (QED) is 0.446. The van der Waals surface area contributed by atoms with Crippen molar-refractivity contribution < 1.29 is 23.8 Å². The van der Waals surface area contributed by atoms with Crippen molar-refractivity contribution in [2.75, 3.05) is 33.9 Å². The van der Waals surface area contributed by atoms with E-state index in [1.165, 1.54) is 13.2 Å². The molecule has 0 fully saturated rings. The number of carbonyl (C=O) groups excluding carboxylic acids is 2. The first-order valence-corrected chi connectivity index (χ1v) is 8.90. The van der Waals surface area contributed by atoms with Crippen LogP contribution in [0.3, 0.4) is 0 Å². The van der Waals surface area contributed by atoms with Gasteiger partial charge in [-0.2, -0.15) is 0 Å². The number of nitrogens with zero attached hydrogens (tertiary/aromatic N) is 1. The summed E-state index contributed by atoms with van der Waals surface area (Å²) in [5.41, 5.74) is 0.835. The molecule has 0 N–H and O–H groups in total. The Bertz CT molecular complexity index is 612. The lowest BCUT2D eigenvalue weighted by Crippen LogP contribution is -2.32. The van der Waals surface area contributed by atoms with E-state index in [0.29, 0.717) is 31.2 Å². The van der Waals surface area contributed by atoms with E-state index in [1.807, 2.05) is 25.1 Å². The minimum absolute atomic E-state index is 0.129. The zero-order chi connectivity index (χ0) is 19.4. The van der Waals surface area contributed by atoms with E-state index >= 15 is 0 Å². The average molecular weight is 363 g/mol. The van der Waals surface area contributed by atoms with Gasteiger partial charge in [-0.3, -0.25) is 9.59 Å². The molecule has 0 aliphatic heterocycles. The normalized spacial score (nSPS) is 10.6. The van der Waals surface area contributed by atoms with Crippen molar-refractivity contribution in [3.8, 4) is 11.5 Å². The summed E-state index contributed by atoms with van der Waals surface area (Å²) < 4.78 is 15.5. The molecule has 0 spiro atoms. The van der Waals surface area contributed by atoms with E-state index in [2.05, 4.69) is 11.7 Å². The van der Waals surface area contributed by atoms with Crippen molar-refractivity contribution in [2.24, 2.45) is 0 Å². The number of hydrogen-bond acceptors (Lipinski definition) is 5. The van der Waals surface area contributed by atoms with Crippen LogP contribution >= 0.6 is 0 Å². The molecule has 0 saturated heterocycles. The summed E-state index contributed by atoms with van der Waals surface area (Å²) in [6, 6.07) is 5.50. The van der Waals surface area contributed by atoms with Gasteiger partial charge in [-0.25, -0.2) is 0 Å². The fourth-order valence-corrected chi connectivity index (χ4v) is 2.34. The molecule has 1 aromatic carbocycles. The first-order valence-electron chi connectivity index (χ1n) is 8.90. The zero-order valence-electron chi connectivity index (χ0n) is 16.1. The predicted octanol–water partition coefficient (Wildman–Crippen LogP) is 3.30. The Labute approximate surface area is 155 Å². The number of carbonyl (C=O) groups is 2. The highest BCUT2D eigenvalue weighted by atomic mass is 16.5. The molecule has 0 unspecified atom stereocenters. The largest absolute Gasteiger partial charge is 0.493 e. The number of benzene rings is 1. The van der Waals surface area contributed by atoms with Gasteiger partial charge in [0.05, 0.1) is 27.2 Å². The summed E-state index contributed by atoms with van der Waals surface area (Å²) in [6.07, 6.45) is 5.30. The Kier molecular flexibility index (Phi) is 9.90. The van der Waals surface area contributed by atoms with Crippen LogP contribution in [0.2, 0.25) is 0 Å². The molecule has 1 aromatic rings. The van der Waals surface area contributed by atoms with Gasteiger partial charge < -0.3 is 19.1 Å². The first kappa shape index (κ1) is 21.5. The maximum absolute atomic E-state index is 12.5. The van der Waals surface area contributed by atoms with Gasteiger partial charge in [0, 0.05) is 19.2 Å². The summed E-state index contributed by atoms with van der Waals surface area (Å²) in [4.78, 5) is 25.5. The third kappa shape index (κ3) is 7.17. The fourth-order valence-electron chi connectivity index (χ4n) is 2.34. The van der Waals surface area contributed by atoms with Crippen LogP contribution in [0.25, 0.3) is 6.08 Å². The maximum atomic E-state index is 12.5. The fraction of sp³-hybridized carbons (Fsp3) is 0.500. The lowest BCUT2D eigenvalue weighted by atomic mass is 10.2. The van der Waals surface area contributed by atoms with E-state index < -0.39 is 0 Å². The van der Waals surface area contributed by atoms with Crippen molar-refractivity contribution >= 4 is 18.0 Å². The van der Waals surface area contributed by atoms with Gasteiger partial charge in [-0.1, -0.05) is 19.4 Å². The van der Waals surface area contributed by atoms with E-state index in [-0.39, 0.29) is 18.3 Å². The van der Waals surface area contributed by atoms with Crippen molar-refractivity contribution in [2.45, 2.75) is 33.1 Å². The first-order chi connectivity index (χ1) is 12.5. The number of amides is 1. The SMILES string of the molecule is CCCCN(CCC(=O)OC)C(=O)/C=C/c1ccc(OCC)c(OC)c1. The standard InChI is InChI=1S/C20H29NO5/c1-5-7-13-21(14-12-20(23)25-4)19(22)11-9-16-8-10-17(26-6-2)18(15-16)24-3/h8-11,15H,5-7,12-14H2,1-4H3/b11-9+. The molecule has 0 bridgehead atoms. The van der Waals surface area contributed by atoms with Crippen molar-refractivity contribution in [3.63, 3.8) is 0 Å². The molecule has 26 heavy (non-hydrogen) atoms. The minimum Gasteiger partial charge on any atom is -0.493 e. The number of esters is 1. The average Bonchev–Trinajstić information content (AvgIpc) is 2.66. The smallest absolute Gasteiger partial charge is 0.307 e. The molecular formula is C20H29NO5. The number of methoxy groups -OCH3 is 2. The lowest BCUT2D eigenvalue weighted by molar-refractivity contribution is -0.141. The molecule has 1 amide bonds. The summed E-state index contributed by atoms with van der Waals surface area (Å²) in [7, 11) is 2.93. The second-order valence-corrected chi connectivity index (χ2v) is 5.68. The van der Waals surface area contributed by atoms with Crippen LogP contribution in [0.15, 0.2) is 24.3 Å². The van der Waals surface area contributed by atoms with Crippen LogP contribution in [0.5, 0.6) is 11.5 Å². The molecular weight excluding hydrogens is 334 g/mol. The molecule has 144 valence electrons. The van der Waals surface area contributed by atoms with Crippen molar-refractivity contribution in [1.29, 1.82) is 0 Å². The van der Waals surface area contributed by atoms with Crippen LogP contribution in [0.1, 0.15) is 38.7 Å². The topological polar surface area (TPSA) is 65.1 Å². The highest BCUT2D eigenvalue weighted by molar-refractivity contribution is 5.92. The monoisotopic (exact) mass is 363 g/mol. The van der Waals surface area contributed by atoms with Crippen molar-refractivity contribution in [3.05, 3.63) is 29.8 Å². The summed E-state index contributed by atoms with van der Waals surface area (Å²) in [5, 5.41) is 0. The highest BCUT2D eigenvalue weighted by Crippen LogP contribution is 2.28. The number of rotatable bonds is 11. The predicted molar refractivity (Wildman–Crippen MR) is 101 cm³/mol. The van der Waals surface area contributed by atoms with Crippen LogP contribution < -0.4 is 9.47 Å². The van der Waals surface area contributed by atoms with E-state index in [9.17, 15) is 9.59 Å². The molecule has 0 saturated carbocycles. The summed E-state index contributed by atoms with van der Waals surface area (Å²) in [5.74, 6) is 0.839. The van der Waals surface area contributed by atoms with Crippen LogP contribution in [-0.2, 0) is 14.3 Å². The minimum atomic E-state index is -0.320. The Morgan fingerprint density at radius 2 is 1.88 bits per heavy atom. The zero-order valence-corrected chi connectivity index (χ0v) is 16.1. The van der Waals surface area contributed by atoms with Gasteiger partial charge in [0.2, 0.25) is 5.91 Å². The van der Waals surface area contributed by atoms with Crippen LogP contribution in [0, 0.1) is 0 Å². The molecule has 0 heterocycles. The van der Waals surface area contributed by atoms with Gasteiger partial charge in [-0.05, 0) is 37.1 Å². The Morgan fingerprint density at radius 1 is 1.12 bits per heavy atom. The lowest BCUT2D eigenvalue weighted by Gasteiger charge is -2.20. The van der Waals surface area contributed by atoms with Gasteiger partial charge in [-0.15, -0.1) is 0 Å². The molecule has 1 rings (SSSR count). The molecule has 0 atom stereocenters. The Balaban J connectivity index is 2.81. The molecule has 0 radical (unpaired) electrons. The van der Waals surface area contributed by atoms with E-state index in [1.54, 1.807) is 18.1 Å². The highest BCUT2D eigenvalue weighted by Gasteiger charge is 2.12. The number of unbranched alkanes of at least 4 members (excludes halogenated alkanes) is 1. The molecule has 0 aliphatic carbocycles. The maximum Gasteiger partial charge on any atom is 0.307 e. The third-order valence-corrected chi connectivity index (χ3v) is 3.81. The summed E-state index contributed by atoms with van der Waals surface area (Å²) >= 11 is 0. The van der Waals surface area contributed by atoms with E-state index in [4.69, 9.17) is 9.47 Å². The molecule has 6 heteroatoms. The van der Waals surface area contributed by atoms with Crippen molar-refractivity contribution in [1.82, 2.24) is 4.90 Å². The number of ether oxygens (including phenoxy) is 3. The van der Waals surface area contributed by atoms with Gasteiger partial charge in [0.1, 0.15) is 0 Å². The third-order valence-electron chi connectivity index (χ3n) is 3.81. The molecule has 0 aromatic heterocycles. The van der Waals surface area contributed by atoms with Crippen LogP contribution in [-0.4, -0.2) is 50.7 Å². The second-order valence-electron chi connectivity index (χ2n) is 5.68. The second kappa shape index (κ2) is 12.0. The van der Waals surface area contributed by atoms with Gasteiger partial charge in [0.25, 0.3) is 0 Å². The molecule has 0 aliphatic rings. The summed E-state index contributed by atoms with van der Waals surface area (Å²) in [6.45, 7) is 5.48. The van der Waals surface area contributed by atoms with E-state index in [0.717, 1.165) is 18.4 Å².